The van der Waals surface area contributed by atoms with Crippen LogP contribution in [0.15, 0.2) is 12.1 Å². The number of nitro groups is 1. The van der Waals surface area contributed by atoms with Gasteiger partial charge in [0.2, 0.25) is 0 Å². The van der Waals surface area contributed by atoms with Gasteiger partial charge in [0.1, 0.15) is 11.5 Å². The number of carboxylic acids is 1. The van der Waals surface area contributed by atoms with Crippen LogP contribution < -0.4 is 5.32 Å². The van der Waals surface area contributed by atoms with E-state index >= 15 is 0 Å². The predicted molar refractivity (Wildman–Crippen MR) is 78.6 cm³/mol. The Bertz CT molecular complexity index is 582. The summed E-state index contributed by atoms with van der Waals surface area (Å²) >= 11 is 1.66. The molecule has 2 N–H and O–H groups in total. The van der Waals surface area contributed by atoms with Gasteiger partial charge in [0.25, 0.3) is 5.69 Å². The highest BCUT2D eigenvalue weighted by atomic mass is 32.2. The first-order valence-electron chi connectivity index (χ1n) is 6.44. The molecule has 0 aromatic heterocycles. The Morgan fingerprint density at radius 2 is 2.24 bits per heavy atom. The molecule has 0 amide bonds. The number of halogens is 1. The number of nitro benzene ring substituents is 1. The number of carboxylic acid groups (broad SMARTS) is 1. The van der Waals surface area contributed by atoms with Crippen LogP contribution in [-0.4, -0.2) is 33.5 Å². The lowest BCUT2D eigenvalue weighted by atomic mass is 10.1. The second-order valence-electron chi connectivity index (χ2n) is 4.87. The minimum absolute atomic E-state index is 0.0193. The lowest BCUT2D eigenvalue weighted by Gasteiger charge is -2.20. The fourth-order valence-corrected chi connectivity index (χ4v) is 3.50. The molecular weight excluding hydrogens is 299 g/mol. The van der Waals surface area contributed by atoms with Crippen LogP contribution in [-0.2, 0) is 0 Å². The van der Waals surface area contributed by atoms with Gasteiger partial charge in [-0.3, -0.25) is 10.1 Å². The molecule has 0 bridgehead atoms. The van der Waals surface area contributed by atoms with Gasteiger partial charge in [-0.15, -0.1) is 0 Å². The van der Waals surface area contributed by atoms with Crippen molar-refractivity contribution in [2.45, 2.75) is 30.6 Å². The van der Waals surface area contributed by atoms with E-state index in [0.29, 0.717) is 11.3 Å². The summed E-state index contributed by atoms with van der Waals surface area (Å²) in [4.78, 5) is 21.3. The summed E-state index contributed by atoms with van der Waals surface area (Å²) in [6.07, 6.45) is 4.82. The Kier molecular flexibility index (Phi) is 4.66. The molecular formula is C13H15FN2O4S. The molecule has 8 heteroatoms. The first-order chi connectivity index (χ1) is 9.93. The maximum atomic E-state index is 13.6. The lowest BCUT2D eigenvalue weighted by Crippen LogP contribution is -2.26. The zero-order chi connectivity index (χ0) is 15.6. The van der Waals surface area contributed by atoms with Crippen molar-refractivity contribution in [2.75, 3.05) is 11.6 Å². The summed E-state index contributed by atoms with van der Waals surface area (Å²) in [6, 6.07) is 1.69. The van der Waals surface area contributed by atoms with Crippen LogP contribution in [0, 0.1) is 15.9 Å². The molecule has 2 unspecified atom stereocenters. The Labute approximate surface area is 124 Å². The number of carbonyl (C=O) groups is 1. The number of nitrogens with zero attached hydrogens (tertiary/aromatic N) is 1. The third-order valence-corrected chi connectivity index (χ3v) is 4.78. The van der Waals surface area contributed by atoms with Gasteiger partial charge in [-0.2, -0.15) is 11.8 Å². The number of aromatic carboxylic acids is 1. The van der Waals surface area contributed by atoms with Gasteiger partial charge < -0.3 is 10.4 Å². The standard InChI is InChI=1S/C13H15FN2O4S/c1-21-12-4-2-3-9(12)15-10-5-7(13(17)18)8(14)6-11(10)16(19)20/h5-6,9,12,15H,2-4H2,1H3,(H,17,18). The van der Waals surface area contributed by atoms with Gasteiger partial charge in [0, 0.05) is 11.3 Å². The van der Waals surface area contributed by atoms with Crippen molar-refractivity contribution >= 4 is 29.1 Å². The highest BCUT2D eigenvalue weighted by Crippen LogP contribution is 2.34. The van der Waals surface area contributed by atoms with E-state index in [0.717, 1.165) is 25.3 Å². The number of thioether (sulfide) groups is 1. The molecule has 1 aliphatic rings. The molecule has 114 valence electrons. The number of rotatable bonds is 5. The Hall–Kier alpha value is -1.83. The quantitative estimate of drug-likeness (QED) is 0.641. The first kappa shape index (κ1) is 15.6. The SMILES string of the molecule is CSC1CCCC1Nc1cc(C(=O)O)c(F)cc1[N+](=O)[O-]. The fourth-order valence-electron chi connectivity index (χ4n) is 2.57. The topological polar surface area (TPSA) is 92.5 Å². The molecule has 2 rings (SSSR count). The average Bonchev–Trinajstić information content (AvgIpc) is 2.86. The highest BCUT2D eigenvalue weighted by molar-refractivity contribution is 7.99. The van der Waals surface area contributed by atoms with E-state index in [1.807, 2.05) is 6.26 Å². The molecule has 1 aromatic carbocycles. The number of nitrogens with one attached hydrogen (secondary N) is 1. The first-order valence-corrected chi connectivity index (χ1v) is 7.73. The van der Waals surface area contributed by atoms with Crippen LogP contribution >= 0.6 is 11.8 Å². The van der Waals surface area contributed by atoms with Crippen molar-refractivity contribution in [3.63, 3.8) is 0 Å². The zero-order valence-corrected chi connectivity index (χ0v) is 12.2. The van der Waals surface area contributed by atoms with Crippen LogP contribution in [0.3, 0.4) is 0 Å². The molecule has 6 nitrogen and oxygen atoms in total. The van der Waals surface area contributed by atoms with E-state index in [9.17, 15) is 19.3 Å². The van der Waals surface area contributed by atoms with Crippen molar-refractivity contribution in [1.82, 2.24) is 0 Å². The second-order valence-corrected chi connectivity index (χ2v) is 5.94. The van der Waals surface area contributed by atoms with Crippen LogP contribution in [0.5, 0.6) is 0 Å². The summed E-state index contributed by atoms with van der Waals surface area (Å²) < 4.78 is 13.6. The van der Waals surface area contributed by atoms with Crippen molar-refractivity contribution < 1.29 is 19.2 Å². The maximum absolute atomic E-state index is 13.6. The highest BCUT2D eigenvalue weighted by Gasteiger charge is 2.29. The van der Waals surface area contributed by atoms with Gasteiger partial charge in [-0.05, 0) is 25.2 Å². The third-order valence-electron chi connectivity index (χ3n) is 3.61. The minimum Gasteiger partial charge on any atom is -0.478 e. The fraction of sp³-hybridized carbons (Fsp3) is 0.462. The molecule has 21 heavy (non-hydrogen) atoms. The largest absolute Gasteiger partial charge is 0.478 e. The van der Waals surface area contributed by atoms with Crippen molar-refractivity contribution in [1.29, 1.82) is 0 Å². The average molecular weight is 314 g/mol. The Morgan fingerprint density at radius 1 is 1.52 bits per heavy atom. The number of benzene rings is 1. The molecule has 1 aromatic rings. The molecule has 0 saturated heterocycles. The maximum Gasteiger partial charge on any atom is 0.338 e. The van der Waals surface area contributed by atoms with E-state index in [1.54, 1.807) is 11.8 Å². The zero-order valence-electron chi connectivity index (χ0n) is 11.3. The number of hydrogen-bond acceptors (Lipinski definition) is 5. The summed E-state index contributed by atoms with van der Waals surface area (Å²) in [7, 11) is 0. The number of anilines is 1. The summed E-state index contributed by atoms with van der Waals surface area (Å²) in [5.74, 6) is -2.55. The molecule has 1 saturated carbocycles. The van der Waals surface area contributed by atoms with Crippen LogP contribution in [0.2, 0.25) is 0 Å². The van der Waals surface area contributed by atoms with Crippen LogP contribution in [0.4, 0.5) is 15.8 Å². The van der Waals surface area contributed by atoms with Crippen molar-refractivity contribution in [2.24, 2.45) is 0 Å². The molecule has 0 aliphatic heterocycles. The number of hydrogen-bond donors (Lipinski definition) is 2. The third kappa shape index (κ3) is 3.26. The van der Waals surface area contributed by atoms with Gasteiger partial charge >= 0.3 is 5.97 Å². The molecule has 0 radical (unpaired) electrons. The summed E-state index contributed by atoms with van der Waals surface area (Å²) in [5, 5.41) is 23.3. The molecule has 0 spiro atoms. The second kappa shape index (κ2) is 6.30. The summed E-state index contributed by atoms with van der Waals surface area (Å²) in [5.41, 5.74) is -0.948. The monoisotopic (exact) mass is 314 g/mol. The Morgan fingerprint density at radius 3 is 2.81 bits per heavy atom. The molecule has 1 aliphatic carbocycles. The smallest absolute Gasteiger partial charge is 0.338 e. The van der Waals surface area contributed by atoms with Crippen LogP contribution in [0.25, 0.3) is 0 Å². The van der Waals surface area contributed by atoms with E-state index in [-0.39, 0.29) is 11.7 Å². The van der Waals surface area contributed by atoms with Gasteiger partial charge in [-0.1, -0.05) is 6.42 Å². The lowest BCUT2D eigenvalue weighted by molar-refractivity contribution is -0.384. The van der Waals surface area contributed by atoms with Gasteiger partial charge in [0.15, 0.2) is 0 Å². The molecule has 2 atom stereocenters. The van der Waals surface area contributed by atoms with Crippen molar-refractivity contribution in [3.8, 4) is 0 Å². The summed E-state index contributed by atoms with van der Waals surface area (Å²) in [6.45, 7) is 0. The van der Waals surface area contributed by atoms with E-state index in [2.05, 4.69) is 5.32 Å². The minimum atomic E-state index is -1.45. The van der Waals surface area contributed by atoms with Crippen LogP contribution in [0.1, 0.15) is 29.6 Å². The predicted octanol–water partition coefficient (Wildman–Crippen LogP) is 3.13. The van der Waals surface area contributed by atoms with E-state index in [1.165, 1.54) is 0 Å². The van der Waals surface area contributed by atoms with E-state index < -0.39 is 28.0 Å². The Balaban J connectivity index is 2.38. The molecule has 0 heterocycles. The van der Waals surface area contributed by atoms with Gasteiger partial charge in [0.05, 0.1) is 16.6 Å². The van der Waals surface area contributed by atoms with Gasteiger partial charge in [-0.25, -0.2) is 9.18 Å². The van der Waals surface area contributed by atoms with E-state index in [4.69, 9.17) is 5.11 Å². The molecule has 1 fully saturated rings. The normalized spacial score (nSPS) is 21.2. The van der Waals surface area contributed by atoms with Crippen molar-refractivity contribution in [3.05, 3.63) is 33.6 Å².